The van der Waals surface area contributed by atoms with Gasteiger partial charge in [-0.2, -0.15) is 0 Å². The van der Waals surface area contributed by atoms with Gasteiger partial charge in [0.15, 0.2) is 0 Å². The highest BCUT2D eigenvalue weighted by molar-refractivity contribution is 5.71. The average molecular weight is 187 g/mol. The molecule has 0 heterocycles. The van der Waals surface area contributed by atoms with Crippen molar-refractivity contribution in [1.29, 1.82) is 0 Å². The van der Waals surface area contributed by atoms with Gasteiger partial charge in [-0.15, -0.1) is 0 Å². The number of ether oxygens (including phenoxy) is 2. The Labute approximate surface area is 78.6 Å². The van der Waals surface area contributed by atoms with Crippen molar-refractivity contribution in [2.24, 2.45) is 5.92 Å². The third kappa shape index (κ3) is 5.60. The predicted molar refractivity (Wildman–Crippen MR) is 48.4 cm³/mol. The fraction of sp³-hybridized carbons (Fsp3) is 0.889. The van der Waals surface area contributed by atoms with E-state index in [0.717, 1.165) is 12.5 Å². The molecule has 0 aromatic heterocycles. The van der Waals surface area contributed by atoms with Crippen LogP contribution in [0.15, 0.2) is 0 Å². The molecule has 13 heavy (non-hydrogen) atoms. The Morgan fingerprint density at radius 2 is 2.31 bits per heavy atom. The lowest BCUT2D eigenvalue weighted by molar-refractivity contribution is -0.139. The van der Waals surface area contributed by atoms with Crippen LogP contribution in [0.25, 0.3) is 0 Å². The van der Waals surface area contributed by atoms with Crippen LogP contribution in [0.4, 0.5) is 0 Å². The maximum atomic E-state index is 10.6. The van der Waals surface area contributed by atoms with Gasteiger partial charge in [0, 0.05) is 13.2 Å². The number of methoxy groups -OCH3 is 1. The molecule has 0 unspecified atom stereocenters. The summed E-state index contributed by atoms with van der Waals surface area (Å²) in [6, 6.07) is 0. The first-order valence-electron chi connectivity index (χ1n) is 4.68. The maximum absolute atomic E-state index is 10.6. The molecule has 1 aliphatic carbocycles. The summed E-state index contributed by atoms with van der Waals surface area (Å²) < 4.78 is 9.82. The van der Waals surface area contributed by atoms with Crippen LogP contribution in [0.5, 0.6) is 0 Å². The van der Waals surface area contributed by atoms with Crippen molar-refractivity contribution in [3.63, 3.8) is 0 Å². The molecule has 1 aliphatic rings. The minimum Gasteiger partial charge on any atom is -0.468 e. The summed E-state index contributed by atoms with van der Waals surface area (Å²) in [6.45, 7) is 2.53. The van der Waals surface area contributed by atoms with Crippen molar-refractivity contribution in [3.05, 3.63) is 0 Å². The standard InChI is InChI=1S/C9H17NO3/c1-12-9(11)6-10-4-5-13-7-8-2-3-8/h8,10H,2-7H2,1H3. The maximum Gasteiger partial charge on any atom is 0.319 e. The molecule has 1 fully saturated rings. The Morgan fingerprint density at radius 3 is 2.92 bits per heavy atom. The van der Waals surface area contributed by atoms with E-state index >= 15 is 0 Å². The lowest BCUT2D eigenvalue weighted by Gasteiger charge is -2.04. The molecular weight excluding hydrogens is 170 g/mol. The van der Waals surface area contributed by atoms with Crippen molar-refractivity contribution in [1.82, 2.24) is 5.32 Å². The minimum atomic E-state index is -0.234. The van der Waals surface area contributed by atoms with Crippen molar-refractivity contribution >= 4 is 5.97 Å². The van der Waals surface area contributed by atoms with Crippen LogP contribution < -0.4 is 5.32 Å². The molecule has 1 N–H and O–H groups in total. The molecule has 1 saturated carbocycles. The second kappa shape index (κ2) is 5.94. The van der Waals surface area contributed by atoms with Crippen LogP contribution in [0.1, 0.15) is 12.8 Å². The van der Waals surface area contributed by atoms with Crippen LogP contribution in [0, 0.1) is 5.92 Å². The summed E-state index contributed by atoms with van der Waals surface area (Å²) in [4.78, 5) is 10.6. The second-order valence-corrected chi connectivity index (χ2v) is 3.27. The molecule has 0 spiro atoms. The van der Waals surface area contributed by atoms with Crippen LogP contribution >= 0.6 is 0 Å². The SMILES string of the molecule is COC(=O)CNCCOCC1CC1. The Bertz CT molecular complexity index is 157. The molecule has 4 heteroatoms. The van der Waals surface area contributed by atoms with Crippen molar-refractivity contribution in [2.75, 3.05) is 33.4 Å². The second-order valence-electron chi connectivity index (χ2n) is 3.27. The summed E-state index contributed by atoms with van der Waals surface area (Å²) in [7, 11) is 1.38. The molecule has 4 nitrogen and oxygen atoms in total. The highest BCUT2D eigenvalue weighted by Gasteiger charge is 2.20. The van der Waals surface area contributed by atoms with E-state index < -0.39 is 0 Å². The monoisotopic (exact) mass is 187 g/mol. The van der Waals surface area contributed by atoms with Gasteiger partial charge in [0.1, 0.15) is 0 Å². The summed E-state index contributed by atoms with van der Waals surface area (Å²) in [5, 5.41) is 2.93. The van der Waals surface area contributed by atoms with E-state index in [1.165, 1.54) is 20.0 Å². The van der Waals surface area contributed by atoms with Crippen molar-refractivity contribution < 1.29 is 14.3 Å². The Kier molecular flexibility index (Phi) is 4.78. The molecule has 0 atom stereocenters. The zero-order chi connectivity index (χ0) is 9.52. The predicted octanol–water partition coefficient (Wildman–Crippen LogP) is 0.176. The van der Waals surface area contributed by atoms with Crippen molar-refractivity contribution in [2.45, 2.75) is 12.8 Å². The molecule has 76 valence electrons. The molecule has 0 bridgehead atoms. The number of rotatable bonds is 7. The van der Waals surface area contributed by atoms with Crippen LogP contribution in [-0.2, 0) is 14.3 Å². The largest absolute Gasteiger partial charge is 0.468 e. The third-order valence-corrected chi connectivity index (χ3v) is 1.97. The summed E-state index contributed by atoms with van der Waals surface area (Å²) in [5.41, 5.74) is 0. The van der Waals surface area contributed by atoms with Gasteiger partial charge in [-0.25, -0.2) is 0 Å². The Balaban J connectivity index is 1.75. The molecule has 0 aliphatic heterocycles. The van der Waals surface area contributed by atoms with Crippen LogP contribution in [0.3, 0.4) is 0 Å². The smallest absolute Gasteiger partial charge is 0.319 e. The Morgan fingerprint density at radius 1 is 1.54 bits per heavy atom. The summed E-state index contributed by atoms with van der Waals surface area (Å²) >= 11 is 0. The number of carbonyl (C=O) groups excluding carboxylic acids is 1. The van der Waals surface area contributed by atoms with Gasteiger partial charge >= 0.3 is 5.97 Å². The minimum absolute atomic E-state index is 0.234. The number of carbonyl (C=O) groups is 1. The van der Waals surface area contributed by atoms with E-state index in [1.807, 2.05) is 0 Å². The number of hydrogen-bond acceptors (Lipinski definition) is 4. The summed E-state index contributed by atoms with van der Waals surface area (Å²) in [5.74, 6) is 0.572. The fourth-order valence-electron chi connectivity index (χ4n) is 0.941. The van der Waals surface area contributed by atoms with E-state index in [0.29, 0.717) is 13.2 Å². The lowest BCUT2D eigenvalue weighted by atomic mass is 10.5. The molecular formula is C9H17NO3. The molecule has 1 rings (SSSR count). The normalized spacial score (nSPS) is 15.8. The first-order chi connectivity index (χ1) is 6.33. The van der Waals surface area contributed by atoms with Gasteiger partial charge in [0.25, 0.3) is 0 Å². The molecule has 0 aromatic rings. The zero-order valence-corrected chi connectivity index (χ0v) is 8.04. The van der Waals surface area contributed by atoms with E-state index in [2.05, 4.69) is 10.1 Å². The molecule has 0 aromatic carbocycles. The highest BCUT2D eigenvalue weighted by atomic mass is 16.5. The molecule has 0 amide bonds. The first-order valence-corrected chi connectivity index (χ1v) is 4.68. The van der Waals surface area contributed by atoms with Gasteiger partial charge < -0.3 is 14.8 Å². The van der Waals surface area contributed by atoms with Gasteiger partial charge in [-0.05, 0) is 18.8 Å². The van der Waals surface area contributed by atoms with Gasteiger partial charge in [0.05, 0.1) is 20.3 Å². The van der Waals surface area contributed by atoms with Gasteiger partial charge in [-0.3, -0.25) is 4.79 Å². The Hall–Kier alpha value is -0.610. The van der Waals surface area contributed by atoms with E-state index in [9.17, 15) is 4.79 Å². The summed E-state index contributed by atoms with van der Waals surface area (Å²) in [6.07, 6.45) is 2.63. The van der Waals surface area contributed by atoms with Crippen molar-refractivity contribution in [3.8, 4) is 0 Å². The fourth-order valence-corrected chi connectivity index (χ4v) is 0.941. The van der Waals surface area contributed by atoms with Gasteiger partial charge in [0.2, 0.25) is 0 Å². The lowest BCUT2D eigenvalue weighted by Crippen LogP contribution is -2.27. The quantitative estimate of drug-likeness (QED) is 0.456. The van der Waals surface area contributed by atoms with E-state index in [1.54, 1.807) is 0 Å². The highest BCUT2D eigenvalue weighted by Crippen LogP contribution is 2.28. The van der Waals surface area contributed by atoms with Crippen LogP contribution in [0.2, 0.25) is 0 Å². The van der Waals surface area contributed by atoms with Gasteiger partial charge in [-0.1, -0.05) is 0 Å². The first kappa shape index (κ1) is 10.5. The zero-order valence-electron chi connectivity index (χ0n) is 8.04. The van der Waals surface area contributed by atoms with E-state index in [-0.39, 0.29) is 12.5 Å². The van der Waals surface area contributed by atoms with Crippen LogP contribution in [-0.4, -0.2) is 39.4 Å². The molecule has 0 radical (unpaired) electrons. The van der Waals surface area contributed by atoms with E-state index in [4.69, 9.17) is 4.74 Å². The topological polar surface area (TPSA) is 47.6 Å². The average Bonchev–Trinajstić information content (AvgIpc) is 2.94. The third-order valence-electron chi connectivity index (χ3n) is 1.97. The number of nitrogens with one attached hydrogen (secondary N) is 1. The molecule has 0 saturated heterocycles. The number of hydrogen-bond donors (Lipinski definition) is 1. The number of esters is 1.